The number of para-hydroxylation sites is 1. The fourth-order valence-corrected chi connectivity index (χ4v) is 9.02. The highest BCUT2D eigenvalue weighted by atomic mass is 16.7. The number of hydrogen-bond acceptors (Lipinski definition) is 12. The minimum absolute atomic E-state index is 0.0550. The molecule has 12 heteroatoms. The standard InChI is InChI=1S/C43H65N3O9/c1-12-35-43(9,50)39-30(7)46(22-31-18-32-15-13-14-16-33(32)44-20-31)21-25(2)19-42(8,52-24-26(3)23-51-39)38(28(5)36(47)29(6)40(49)54-35)55-41-37(48)34(45(10)11)17-27(4)53-41/h13-16,18,20,25,27-30,34-35,37-39,41,48,50H,3,12,17,19,21-24H2,1-2,4-11H3/t25-,27-,28+,29?,30-,34+,35-,37-,38-,39+,41+,42-,43-/m1/s1. The van der Waals surface area contributed by atoms with E-state index in [0.29, 0.717) is 31.5 Å². The van der Waals surface area contributed by atoms with E-state index in [9.17, 15) is 19.8 Å². The SMILES string of the molecule is C=C1CO[C@H]2[C@@H](C)N(Cc3cnc4ccccc4c3)C[C@H](C)C[C@@](C)(OC1)[C@H](O[C@@H]1O[C@H](C)C[C@H](N(C)C)[C@H]1O)[C@@H](C)C(=O)C(C)C(=O)O[C@H](CC)[C@@]2(C)O. The van der Waals surface area contributed by atoms with Crippen molar-refractivity contribution in [1.29, 1.82) is 0 Å². The number of aliphatic hydroxyl groups excluding tert-OH is 1. The molecule has 1 aromatic heterocycles. The largest absolute Gasteiger partial charge is 0.459 e. The number of rotatable bonds is 6. The fourth-order valence-electron chi connectivity index (χ4n) is 9.02. The van der Waals surface area contributed by atoms with Crippen LogP contribution in [0.5, 0.6) is 0 Å². The summed E-state index contributed by atoms with van der Waals surface area (Å²) in [6.07, 6.45) is -1.89. The normalized spacial score (nSPS) is 39.2. The number of aromatic nitrogens is 1. The van der Waals surface area contributed by atoms with Crippen LogP contribution >= 0.6 is 0 Å². The highest BCUT2D eigenvalue weighted by Gasteiger charge is 2.52. The molecule has 0 saturated carbocycles. The average molecular weight is 768 g/mol. The van der Waals surface area contributed by atoms with Gasteiger partial charge in [-0.3, -0.25) is 19.5 Å². The molecule has 2 N–H and O–H groups in total. The predicted molar refractivity (Wildman–Crippen MR) is 210 cm³/mol. The summed E-state index contributed by atoms with van der Waals surface area (Å²) in [6, 6.07) is 9.48. The Kier molecular flexibility index (Phi) is 14.0. The van der Waals surface area contributed by atoms with Gasteiger partial charge >= 0.3 is 5.97 Å². The third-order valence-electron chi connectivity index (χ3n) is 12.1. The number of aliphatic hydroxyl groups is 2. The van der Waals surface area contributed by atoms with Gasteiger partial charge in [0.05, 0.1) is 36.5 Å². The second kappa shape index (κ2) is 17.8. The third kappa shape index (κ3) is 9.67. The maximum absolute atomic E-state index is 14.4. The quantitative estimate of drug-likeness (QED) is 0.234. The van der Waals surface area contributed by atoms with Crippen molar-refractivity contribution in [3.8, 4) is 0 Å². The Morgan fingerprint density at radius 1 is 1.09 bits per heavy atom. The Bertz CT molecular complexity index is 1650. The highest BCUT2D eigenvalue weighted by molar-refractivity contribution is 6.00. The molecule has 4 aliphatic heterocycles. The fraction of sp³-hybridized carbons (Fsp3) is 0.698. The van der Waals surface area contributed by atoms with Gasteiger partial charge in [0.1, 0.15) is 29.8 Å². The van der Waals surface area contributed by atoms with Crippen LogP contribution in [-0.4, -0.2) is 131 Å². The van der Waals surface area contributed by atoms with Crippen molar-refractivity contribution in [2.45, 2.75) is 141 Å². The van der Waals surface area contributed by atoms with E-state index in [-0.39, 0.29) is 43.7 Å². The van der Waals surface area contributed by atoms with E-state index in [2.05, 4.69) is 24.5 Å². The molecule has 4 saturated heterocycles. The molecule has 306 valence electrons. The topological polar surface area (TPSA) is 140 Å². The van der Waals surface area contributed by atoms with E-state index in [4.69, 9.17) is 28.7 Å². The first kappa shape index (κ1) is 43.3. The molecule has 2 aromatic rings. The van der Waals surface area contributed by atoms with Gasteiger partial charge in [-0.15, -0.1) is 0 Å². The number of benzene rings is 1. The number of esters is 1. The maximum atomic E-state index is 14.4. The Morgan fingerprint density at radius 2 is 1.80 bits per heavy atom. The molecule has 5 heterocycles. The van der Waals surface area contributed by atoms with Crippen molar-refractivity contribution in [3.63, 3.8) is 0 Å². The molecule has 0 aliphatic carbocycles. The first-order valence-electron chi connectivity index (χ1n) is 20.0. The summed E-state index contributed by atoms with van der Waals surface area (Å²) in [5.74, 6) is -3.27. The predicted octanol–water partition coefficient (Wildman–Crippen LogP) is 4.92. The van der Waals surface area contributed by atoms with Crippen molar-refractivity contribution in [3.05, 3.63) is 54.2 Å². The molecule has 13 atom stereocenters. The number of fused-ring (bicyclic) bond motifs is 16. The summed E-state index contributed by atoms with van der Waals surface area (Å²) in [4.78, 5) is 37.3. The lowest BCUT2D eigenvalue weighted by Gasteiger charge is -2.48. The van der Waals surface area contributed by atoms with Crippen LogP contribution in [0.3, 0.4) is 0 Å². The summed E-state index contributed by atoms with van der Waals surface area (Å²) >= 11 is 0. The second-order valence-corrected chi connectivity index (χ2v) is 17.2. The number of ether oxygens (including phenoxy) is 5. The van der Waals surface area contributed by atoms with Gasteiger partial charge in [0.25, 0.3) is 0 Å². The van der Waals surface area contributed by atoms with Gasteiger partial charge in [-0.1, -0.05) is 45.5 Å². The van der Waals surface area contributed by atoms with Crippen molar-refractivity contribution < 1.29 is 43.5 Å². The van der Waals surface area contributed by atoms with Crippen molar-refractivity contribution >= 4 is 22.7 Å². The van der Waals surface area contributed by atoms with Crippen LogP contribution in [0.1, 0.15) is 80.2 Å². The zero-order valence-corrected chi connectivity index (χ0v) is 34.6. The van der Waals surface area contributed by atoms with Gasteiger partial charge < -0.3 is 38.8 Å². The summed E-state index contributed by atoms with van der Waals surface area (Å²) in [5.41, 5.74) is -0.281. The lowest BCUT2D eigenvalue weighted by molar-refractivity contribution is -0.297. The van der Waals surface area contributed by atoms with Crippen molar-refractivity contribution in [2.24, 2.45) is 17.8 Å². The van der Waals surface area contributed by atoms with E-state index in [1.807, 2.05) is 77.2 Å². The molecule has 2 bridgehead atoms. The van der Waals surface area contributed by atoms with E-state index in [1.54, 1.807) is 13.8 Å². The molecule has 0 spiro atoms. The lowest BCUT2D eigenvalue weighted by Crippen LogP contribution is -2.61. The Morgan fingerprint density at radius 3 is 2.49 bits per heavy atom. The van der Waals surface area contributed by atoms with Crippen molar-refractivity contribution in [2.75, 3.05) is 33.9 Å². The number of hydrogen-bond donors (Lipinski definition) is 2. The van der Waals surface area contributed by atoms with Gasteiger partial charge in [-0.2, -0.15) is 0 Å². The highest BCUT2D eigenvalue weighted by Crippen LogP contribution is 2.39. The zero-order valence-electron chi connectivity index (χ0n) is 34.6. The number of ketones is 1. The van der Waals surface area contributed by atoms with Crippen LogP contribution in [0.4, 0.5) is 0 Å². The minimum atomic E-state index is -1.67. The Balaban J connectivity index is 1.64. The number of carbonyl (C=O) groups is 2. The van der Waals surface area contributed by atoms with E-state index < -0.39 is 65.5 Å². The van der Waals surface area contributed by atoms with Crippen LogP contribution in [-0.2, 0) is 39.8 Å². The van der Waals surface area contributed by atoms with E-state index >= 15 is 0 Å². The molecule has 12 nitrogen and oxygen atoms in total. The van der Waals surface area contributed by atoms with Gasteiger partial charge in [0.15, 0.2) is 12.1 Å². The summed E-state index contributed by atoms with van der Waals surface area (Å²) in [5, 5.41) is 25.1. The molecule has 6 rings (SSSR count). The maximum Gasteiger partial charge on any atom is 0.316 e. The van der Waals surface area contributed by atoms with Crippen LogP contribution < -0.4 is 0 Å². The van der Waals surface area contributed by atoms with E-state index in [0.717, 1.165) is 16.5 Å². The molecular weight excluding hydrogens is 702 g/mol. The van der Waals surface area contributed by atoms with Crippen LogP contribution in [0, 0.1) is 17.8 Å². The average Bonchev–Trinajstić information content (AvgIpc) is 3.13. The molecule has 4 aliphatic rings. The van der Waals surface area contributed by atoms with Crippen LogP contribution in [0.25, 0.3) is 10.9 Å². The molecule has 1 unspecified atom stereocenters. The van der Waals surface area contributed by atoms with E-state index in [1.165, 1.54) is 6.92 Å². The monoisotopic (exact) mass is 767 g/mol. The Labute approximate surface area is 327 Å². The number of pyridine rings is 1. The molecular formula is C43H65N3O9. The Hall–Kier alpha value is -2.81. The number of carbonyl (C=O) groups excluding carboxylic acids is 2. The number of nitrogens with zero attached hydrogens (tertiary/aromatic N) is 3. The van der Waals surface area contributed by atoms with Crippen LogP contribution in [0.2, 0.25) is 0 Å². The summed E-state index contributed by atoms with van der Waals surface area (Å²) in [6.45, 7) is 20.3. The smallest absolute Gasteiger partial charge is 0.316 e. The first-order chi connectivity index (χ1) is 25.9. The number of Topliss-reactive ketones (excluding diaryl/α,β-unsaturated/α-hetero) is 1. The number of likely N-dealkylation sites (N-methyl/N-ethyl adjacent to an activating group) is 1. The lowest BCUT2D eigenvalue weighted by atomic mass is 9.78. The molecule has 0 radical (unpaired) electrons. The molecule has 4 fully saturated rings. The molecule has 1 aromatic carbocycles. The first-order valence-corrected chi connectivity index (χ1v) is 20.0. The summed E-state index contributed by atoms with van der Waals surface area (Å²) < 4.78 is 32.6. The minimum Gasteiger partial charge on any atom is -0.459 e. The zero-order chi connectivity index (χ0) is 40.4. The van der Waals surface area contributed by atoms with Crippen LogP contribution in [0.15, 0.2) is 48.7 Å². The van der Waals surface area contributed by atoms with Gasteiger partial charge in [-0.25, -0.2) is 0 Å². The molecule has 0 amide bonds. The molecule has 55 heavy (non-hydrogen) atoms. The van der Waals surface area contributed by atoms with Gasteiger partial charge in [-0.05, 0) is 97.2 Å². The van der Waals surface area contributed by atoms with Gasteiger partial charge in [0, 0.05) is 42.7 Å². The summed E-state index contributed by atoms with van der Waals surface area (Å²) in [7, 11) is 3.82. The third-order valence-corrected chi connectivity index (χ3v) is 12.1. The van der Waals surface area contributed by atoms with Crippen molar-refractivity contribution in [1.82, 2.24) is 14.8 Å². The van der Waals surface area contributed by atoms with Gasteiger partial charge in [0.2, 0.25) is 0 Å². The second-order valence-electron chi connectivity index (χ2n) is 17.2.